The van der Waals surface area contributed by atoms with E-state index >= 15 is 0 Å². The van der Waals surface area contributed by atoms with E-state index in [0.29, 0.717) is 29.3 Å². The van der Waals surface area contributed by atoms with Gasteiger partial charge in [-0.3, -0.25) is 4.79 Å². The average Bonchev–Trinajstić information content (AvgIpc) is 3.11. The highest BCUT2D eigenvalue weighted by Crippen LogP contribution is 2.42. The summed E-state index contributed by atoms with van der Waals surface area (Å²) in [5, 5.41) is 7.23. The second kappa shape index (κ2) is 9.13. The predicted molar refractivity (Wildman–Crippen MR) is 111 cm³/mol. The summed E-state index contributed by atoms with van der Waals surface area (Å²) in [7, 11) is 1.61. The highest BCUT2D eigenvalue weighted by atomic mass is 35.5. The molecule has 2 bridgehead atoms. The van der Waals surface area contributed by atoms with E-state index in [9.17, 15) is 4.79 Å². The van der Waals surface area contributed by atoms with E-state index in [4.69, 9.17) is 15.0 Å². The Labute approximate surface area is 177 Å². The van der Waals surface area contributed by atoms with Crippen LogP contribution in [0.3, 0.4) is 0 Å². The van der Waals surface area contributed by atoms with Crippen molar-refractivity contribution in [1.82, 2.24) is 15.5 Å². The summed E-state index contributed by atoms with van der Waals surface area (Å²) in [6, 6.07) is 7.31. The van der Waals surface area contributed by atoms with Gasteiger partial charge in [0.1, 0.15) is 11.8 Å². The number of amides is 1. The van der Waals surface area contributed by atoms with E-state index in [1.54, 1.807) is 14.0 Å². The molecule has 4 rings (SSSR count). The van der Waals surface area contributed by atoms with Crippen LogP contribution < -0.4 is 15.8 Å². The van der Waals surface area contributed by atoms with Gasteiger partial charge in [-0.25, -0.2) is 0 Å². The van der Waals surface area contributed by atoms with Gasteiger partial charge < -0.3 is 20.3 Å². The van der Waals surface area contributed by atoms with E-state index in [-0.39, 0.29) is 30.3 Å². The molecule has 0 radical (unpaired) electrons. The maximum atomic E-state index is 13.2. The Kier molecular flexibility index (Phi) is 6.80. The number of hydrogen-bond donors (Lipinski definition) is 2. The van der Waals surface area contributed by atoms with Crippen molar-refractivity contribution in [3.05, 3.63) is 41.5 Å². The Bertz CT molecular complexity index is 829. The number of rotatable bonds is 5. The first-order chi connectivity index (χ1) is 13.6. The minimum Gasteiger partial charge on any atom is -0.496 e. The molecule has 2 aliphatic carbocycles. The van der Waals surface area contributed by atoms with E-state index in [2.05, 4.69) is 15.5 Å². The molecule has 1 amide bonds. The lowest BCUT2D eigenvalue weighted by Gasteiger charge is -2.43. The monoisotopic (exact) mass is 420 g/mol. The average molecular weight is 421 g/mol. The molecular formula is C21H29ClN4O3. The zero-order valence-electron chi connectivity index (χ0n) is 16.8. The number of halogens is 1. The summed E-state index contributed by atoms with van der Waals surface area (Å²) in [5.41, 5.74) is 7.20. The molecule has 2 aromatic rings. The summed E-state index contributed by atoms with van der Waals surface area (Å²) in [6.45, 7) is 1.74. The number of nitrogens with two attached hydrogens (primary N) is 1. The van der Waals surface area contributed by atoms with Crippen molar-refractivity contribution in [3.8, 4) is 5.75 Å². The van der Waals surface area contributed by atoms with E-state index in [1.807, 2.05) is 24.3 Å². The molecule has 8 heteroatoms. The first-order valence-corrected chi connectivity index (χ1v) is 10.1. The van der Waals surface area contributed by atoms with Crippen LogP contribution in [-0.2, 0) is 4.79 Å². The Morgan fingerprint density at radius 2 is 1.97 bits per heavy atom. The van der Waals surface area contributed by atoms with Gasteiger partial charge in [-0.15, -0.1) is 12.4 Å². The molecule has 3 atom stereocenters. The van der Waals surface area contributed by atoms with Gasteiger partial charge in [0.25, 0.3) is 0 Å². The normalized spacial score (nSPS) is 26.9. The molecule has 1 heterocycles. The van der Waals surface area contributed by atoms with Gasteiger partial charge in [-0.2, -0.15) is 4.98 Å². The summed E-state index contributed by atoms with van der Waals surface area (Å²) in [6.07, 6.45) is 5.19. The number of aromatic nitrogens is 2. The topological polar surface area (TPSA) is 103 Å². The first kappa shape index (κ1) is 21.6. The zero-order chi connectivity index (χ0) is 19.7. The lowest BCUT2D eigenvalue weighted by molar-refractivity contribution is -0.128. The second-order valence-corrected chi connectivity index (χ2v) is 8.05. The van der Waals surface area contributed by atoms with Crippen LogP contribution in [0, 0.1) is 24.7 Å². The lowest BCUT2D eigenvalue weighted by atomic mass is 9.65. The number of hydrogen-bond acceptors (Lipinski definition) is 6. The fourth-order valence-corrected chi connectivity index (χ4v) is 4.88. The summed E-state index contributed by atoms with van der Waals surface area (Å²) in [5.74, 6) is 2.46. The van der Waals surface area contributed by atoms with Gasteiger partial charge in [-0.05, 0) is 43.6 Å². The van der Waals surface area contributed by atoms with Crippen LogP contribution in [0.4, 0.5) is 0 Å². The number of carbonyl (C=O) groups excluding carboxylic acids is 1. The molecule has 3 unspecified atom stereocenters. The van der Waals surface area contributed by atoms with Crippen LogP contribution in [0.15, 0.2) is 28.8 Å². The summed E-state index contributed by atoms with van der Waals surface area (Å²) in [4.78, 5) is 17.6. The van der Waals surface area contributed by atoms with Crippen molar-refractivity contribution in [3.63, 3.8) is 0 Å². The highest BCUT2D eigenvalue weighted by Gasteiger charge is 2.41. The third-order valence-electron chi connectivity index (χ3n) is 6.32. The van der Waals surface area contributed by atoms with Crippen molar-refractivity contribution < 1.29 is 14.1 Å². The Hall–Kier alpha value is -2.12. The summed E-state index contributed by atoms with van der Waals surface area (Å²) < 4.78 is 10.7. The number of aryl methyl sites for hydroxylation is 1. The number of nitrogens with zero attached hydrogens (tertiary/aromatic N) is 2. The van der Waals surface area contributed by atoms with Crippen LogP contribution in [0.2, 0.25) is 0 Å². The van der Waals surface area contributed by atoms with Crippen molar-refractivity contribution in [2.75, 3.05) is 7.11 Å². The zero-order valence-corrected chi connectivity index (χ0v) is 17.7. The van der Waals surface area contributed by atoms with Crippen molar-refractivity contribution in [1.29, 1.82) is 0 Å². The molecule has 7 nitrogen and oxygen atoms in total. The largest absolute Gasteiger partial charge is 0.496 e. The minimum absolute atomic E-state index is 0. The molecule has 2 saturated carbocycles. The molecule has 2 fully saturated rings. The molecule has 29 heavy (non-hydrogen) atoms. The molecule has 3 N–H and O–H groups in total. The fraction of sp³-hybridized carbons (Fsp3) is 0.571. The van der Waals surface area contributed by atoms with E-state index < -0.39 is 6.04 Å². The van der Waals surface area contributed by atoms with Crippen LogP contribution in [0.25, 0.3) is 0 Å². The molecule has 0 saturated heterocycles. The van der Waals surface area contributed by atoms with Crippen LogP contribution in [0.1, 0.15) is 55.4 Å². The number of benzene rings is 1. The molecule has 2 aliphatic rings. The van der Waals surface area contributed by atoms with Gasteiger partial charge in [0.05, 0.1) is 7.11 Å². The predicted octanol–water partition coefficient (Wildman–Crippen LogP) is 3.17. The van der Waals surface area contributed by atoms with E-state index in [1.165, 1.54) is 6.42 Å². The number of fused-ring (bicyclic) bond motifs is 2. The van der Waals surface area contributed by atoms with Crippen LogP contribution >= 0.6 is 12.4 Å². The van der Waals surface area contributed by atoms with Gasteiger partial charge in [0.2, 0.25) is 11.8 Å². The minimum atomic E-state index is -0.517. The maximum Gasteiger partial charge on any atom is 0.223 e. The number of ether oxygens (including phenoxy) is 1. The van der Waals surface area contributed by atoms with Gasteiger partial charge in [-0.1, -0.05) is 29.8 Å². The maximum absolute atomic E-state index is 13.2. The van der Waals surface area contributed by atoms with Gasteiger partial charge in [0, 0.05) is 24.4 Å². The Morgan fingerprint density at radius 1 is 1.28 bits per heavy atom. The molecular weight excluding hydrogens is 392 g/mol. The van der Waals surface area contributed by atoms with Crippen LogP contribution in [0.5, 0.6) is 5.75 Å². The number of carbonyl (C=O) groups is 1. The van der Waals surface area contributed by atoms with Crippen LogP contribution in [-0.4, -0.2) is 29.2 Å². The summed E-state index contributed by atoms with van der Waals surface area (Å²) >= 11 is 0. The SMILES string of the molecule is COc1ccccc1C(NC(=O)C1CC2CCCC(C1)C2N)c1noc(C)n1.Cl. The number of methoxy groups -OCH3 is 1. The van der Waals surface area contributed by atoms with Gasteiger partial charge in [0.15, 0.2) is 5.82 Å². The second-order valence-electron chi connectivity index (χ2n) is 8.05. The van der Waals surface area contributed by atoms with Crippen molar-refractivity contribution >= 4 is 18.3 Å². The highest BCUT2D eigenvalue weighted by molar-refractivity contribution is 5.85. The fourth-order valence-electron chi connectivity index (χ4n) is 4.88. The molecule has 0 spiro atoms. The quantitative estimate of drug-likeness (QED) is 0.769. The smallest absolute Gasteiger partial charge is 0.223 e. The van der Waals surface area contributed by atoms with Crippen molar-refractivity contribution in [2.45, 2.75) is 51.1 Å². The molecule has 158 valence electrons. The standard InChI is InChI=1S/C21H28N4O3.ClH/c1-12-23-20(25-28-12)19(16-8-3-4-9-17(16)27-2)24-21(26)15-10-13-6-5-7-14(11-15)18(13)22;/h3-4,8-9,13-15,18-19H,5-7,10-11,22H2,1-2H3,(H,24,26);1H. The third kappa shape index (κ3) is 4.41. The Balaban J connectivity index is 0.00000240. The van der Waals surface area contributed by atoms with Gasteiger partial charge >= 0.3 is 0 Å². The number of para-hydroxylation sites is 1. The lowest BCUT2D eigenvalue weighted by Crippen LogP contribution is -2.49. The van der Waals surface area contributed by atoms with Crippen molar-refractivity contribution in [2.24, 2.45) is 23.5 Å². The third-order valence-corrected chi connectivity index (χ3v) is 6.32. The first-order valence-electron chi connectivity index (χ1n) is 10.1. The Morgan fingerprint density at radius 3 is 2.59 bits per heavy atom. The molecule has 0 aliphatic heterocycles. The van der Waals surface area contributed by atoms with E-state index in [0.717, 1.165) is 31.2 Å². The molecule has 1 aromatic heterocycles. The number of nitrogens with one attached hydrogen (secondary N) is 1. The molecule has 1 aromatic carbocycles.